The second-order valence-corrected chi connectivity index (χ2v) is 6.64. The van der Waals surface area contributed by atoms with Crippen LogP contribution < -0.4 is 19.9 Å². The maximum atomic E-state index is 12.2. The standard InChI is InChI=1S/C15H16N2O4S/c16-12-2-4-13(5-3-12)22(18,19)17-10-11-1-6-14-15(9-11)21-8-7-20-14/h1-6,9,17H,7-8,10,16H2. The van der Waals surface area contributed by atoms with Gasteiger partial charge in [-0.25, -0.2) is 13.1 Å². The van der Waals surface area contributed by atoms with Crippen LogP contribution in [0.2, 0.25) is 0 Å². The van der Waals surface area contributed by atoms with Gasteiger partial charge in [-0.1, -0.05) is 6.07 Å². The Morgan fingerprint density at radius 3 is 2.41 bits per heavy atom. The largest absolute Gasteiger partial charge is 0.486 e. The Morgan fingerprint density at radius 2 is 1.68 bits per heavy atom. The molecule has 116 valence electrons. The highest BCUT2D eigenvalue weighted by molar-refractivity contribution is 7.89. The van der Waals surface area contributed by atoms with Gasteiger partial charge in [0.15, 0.2) is 11.5 Å². The summed E-state index contributed by atoms with van der Waals surface area (Å²) in [4.78, 5) is 0.180. The molecule has 2 aromatic rings. The summed E-state index contributed by atoms with van der Waals surface area (Å²) in [5.41, 5.74) is 6.87. The van der Waals surface area contributed by atoms with E-state index in [2.05, 4.69) is 4.72 Å². The number of hydrogen-bond acceptors (Lipinski definition) is 5. The topological polar surface area (TPSA) is 90.7 Å². The van der Waals surface area contributed by atoms with E-state index in [-0.39, 0.29) is 11.4 Å². The molecule has 0 aromatic heterocycles. The first-order chi connectivity index (χ1) is 10.5. The molecule has 0 saturated carbocycles. The summed E-state index contributed by atoms with van der Waals surface area (Å²) in [6, 6.07) is 11.4. The van der Waals surface area contributed by atoms with E-state index in [0.717, 1.165) is 5.56 Å². The van der Waals surface area contributed by atoms with Crippen LogP contribution >= 0.6 is 0 Å². The van der Waals surface area contributed by atoms with Crippen molar-refractivity contribution < 1.29 is 17.9 Å². The van der Waals surface area contributed by atoms with E-state index >= 15 is 0 Å². The first-order valence-corrected chi connectivity index (χ1v) is 8.27. The summed E-state index contributed by atoms with van der Waals surface area (Å²) >= 11 is 0. The Balaban J connectivity index is 1.73. The third-order valence-corrected chi connectivity index (χ3v) is 4.68. The second kappa shape index (κ2) is 5.86. The molecule has 6 nitrogen and oxygen atoms in total. The summed E-state index contributed by atoms with van der Waals surface area (Å²) in [5, 5.41) is 0. The lowest BCUT2D eigenvalue weighted by atomic mass is 10.2. The number of nitrogen functional groups attached to an aromatic ring is 1. The van der Waals surface area contributed by atoms with E-state index in [0.29, 0.717) is 30.4 Å². The molecule has 1 aliphatic heterocycles. The average molecular weight is 320 g/mol. The molecule has 0 atom stereocenters. The first-order valence-electron chi connectivity index (χ1n) is 6.78. The molecule has 0 radical (unpaired) electrons. The van der Waals surface area contributed by atoms with Crippen LogP contribution in [0.1, 0.15) is 5.56 Å². The van der Waals surface area contributed by atoms with E-state index in [9.17, 15) is 8.42 Å². The molecule has 3 N–H and O–H groups in total. The number of ether oxygens (including phenoxy) is 2. The highest BCUT2D eigenvalue weighted by Gasteiger charge is 2.15. The maximum absolute atomic E-state index is 12.2. The van der Waals surface area contributed by atoms with E-state index in [1.807, 2.05) is 0 Å². The number of anilines is 1. The first kappa shape index (κ1) is 14.7. The van der Waals surface area contributed by atoms with Gasteiger partial charge in [0.05, 0.1) is 4.90 Å². The minimum Gasteiger partial charge on any atom is -0.486 e. The van der Waals surface area contributed by atoms with Crippen molar-refractivity contribution in [2.75, 3.05) is 18.9 Å². The minimum atomic E-state index is -3.57. The number of benzene rings is 2. The zero-order valence-electron chi connectivity index (χ0n) is 11.8. The van der Waals surface area contributed by atoms with Crippen LogP contribution in [-0.4, -0.2) is 21.6 Å². The third-order valence-electron chi connectivity index (χ3n) is 3.26. The fraction of sp³-hybridized carbons (Fsp3) is 0.200. The van der Waals surface area contributed by atoms with E-state index < -0.39 is 10.0 Å². The minimum absolute atomic E-state index is 0.170. The predicted octanol–water partition coefficient (Wildman–Crippen LogP) is 1.52. The number of nitrogens with two attached hydrogens (primary N) is 1. The Labute approximate surface area is 128 Å². The molecule has 1 heterocycles. The molecule has 3 rings (SSSR count). The van der Waals surface area contributed by atoms with Crippen molar-refractivity contribution in [3.8, 4) is 11.5 Å². The Kier molecular flexibility index (Phi) is 3.91. The van der Waals surface area contributed by atoms with Crippen molar-refractivity contribution in [2.45, 2.75) is 11.4 Å². The molecule has 1 aliphatic rings. The van der Waals surface area contributed by atoms with Gasteiger partial charge in [0, 0.05) is 12.2 Å². The number of sulfonamides is 1. The van der Waals surface area contributed by atoms with Gasteiger partial charge in [-0.3, -0.25) is 0 Å². The van der Waals surface area contributed by atoms with Gasteiger partial charge in [-0.2, -0.15) is 0 Å². The Bertz CT molecular complexity index is 773. The maximum Gasteiger partial charge on any atom is 0.240 e. The van der Waals surface area contributed by atoms with Crippen LogP contribution in [0.3, 0.4) is 0 Å². The smallest absolute Gasteiger partial charge is 0.240 e. The van der Waals surface area contributed by atoms with Crippen molar-refractivity contribution >= 4 is 15.7 Å². The quantitative estimate of drug-likeness (QED) is 0.834. The predicted molar refractivity (Wildman–Crippen MR) is 82.3 cm³/mol. The van der Waals surface area contributed by atoms with Crippen LogP contribution in [0, 0.1) is 0 Å². The normalized spacial score (nSPS) is 13.8. The van der Waals surface area contributed by atoms with Crippen LogP contribution in [-0.2, 0) is 16.6 Å². The van der Waals surface area contributed by atoms with E-state index in [1.54, 1.807) is 30.3 Å². The monoisotopic (exact) mass is 320 g/mol. The number of rotatable bonds is 4. The second-order valence-electron chi connectivity index (χ2n) is 4.87. The third kappa shape index (κ3) is 3.15. The van der Waals surface area contributed by atoms with Gasteiger partial charge >= 0.3 is 0 Å². The Hall–Kier alpha value is -2.25. The van der Waals surface area contributed by atoms with E-state index in [1.165, 1.54) is 12.1 Å². The van der Waals surface area contributed by atoms with Crippen molar-refractivity contribution in [1.29, 1.82) is 0 Å². The molecule has 0 unspecified atom stereocenters. The molecule has 0 bridgehead atoms. The number of nitrogens with one attached hydrogen (secondary N) is 1. The fourth-order valence-electron chi connectivity index (χ4n) is 2.11. The summed E-state index contributed by atoms with van der Waals surface area (Å²) < 4.78 is 37.9. The molecular weight excluding hydrogens is 304 g/mol. The lowest BCUT2D eigenvalue weighted by molar-refractivity contribution is 0.171. The zero-order valence-corrected chi connectivity index (χ0v) is 12.6. The van der Waals surface area contributed by atoms with Crippen molar-refractivity contribution in [3.63, 3.8) is 0 Å². The lowest BCUT2D eigenvalue weighted by Gasteiger charge is -2.19. The van der Waals surface area contributed by atoms with Gasteiger partial charge in [0.2, 0.25) is 10.0 Å². The number of hydrogen-bond donors (Lipinski definition) is 2. The summed E-state index contributed by atoms with van der Waals surface area (Å²) in [6.45, 7) is 1.19. The summed E-state index contributed by atoms with van der Waals surface area (Å²) in [7, 11) is -3.57. The SMILES string of the molecule is Nc1ccc(S(=O)(=O)NCc2ccc3c(c2)OCCO3)cc1. The zero-order chi connectivity index (χ0) is 15.6. The molecule has 0 spiro atoms. The van der Waals surface area contributed by atoms with Crippen molar-refractivity contribution in [3.05, 3.63) is 48.0 Å². The van der Waals surface area contributed by atoms with Gasteiger partial charge in [-0.05, 0) is 42.0 Å². The molecule has 0 aliphatic carbocycles. The molecule has 0 fully saturated rings. The van der Waals surface area contributed by atoms with Crippen LogP contribution in [0.5, 0.6) is 11.5 Å². The van der Waals surface area contributed by atoms with E-state index in [4.69, 9.17) is 15.2 Å². The van der Waals surface area contributed by atoms with Crippen LogP contribution in [0.25, 0.3) is 0 Å². The average Bonchev–Trinajstić information content (AvgIpc) is 2.53. The fourth-order valence-corrected chi connectivity index (χ4v) is 3.12. The van der Waals surface area contributed by atoms with Gasteiger partial charge in [0.25, 0.3) is 0 Å². The van der Waals surface area contributed by atoms with Gasteiger partial charge in [-0.15, -0.1) is 0 Å². The summed E-state index contributed by atoms with van der Waals surface area (Å²) in [6.07, 6.45) is 0. The summed E-state index contributed by atoms with van der Waals surface area (Å²) in [5.74, 6) is 1.31. The van der Waals surface area contributed by atoms with Crippen molar-refractivity contribution in [2.24, 2.45) is 0 Å². The Morgan fingerprint density at radius 1 is 1.00 bits per heavy atom. The molecule has 0 amide bonds. The molecule has 22 heavy (non-hydrogen) atoms. The highest BCUT2D eigenvalue weighted by Crippen LogP contribution is 2.30. The van der Waals surface area contributed by atoms with Gasteiger partial charge in [0.1, 0.15) is 13.2 Å². The molecular formula is C15H16N2O4S. The van der Waals surface area contributed by atoms with Gasteiger partial charge < -0.3 is 15.2 Å². The van der Waals surface area contributed by atoms with Crippen LogP contribution in [0.4, 0.5) is 5.69 Å². The van der Waals surface area contributed by atoms with Crippen molar-refractivity contribution in [1.82, 2.24) is 4.72 Å². The highest BCUT2D eigenvalue weighted by atomic mass is 32.2. The molecule has 7 heteroatoms. The lowest BCUT2D eigenvalue weighted by Crippen LogP contribution is -2.23. The molecule has 0 saturated heterocycles. The molecule has 2 aromatic carbocycles. The number of fused-ring (bicyclic) bond motifs is 1. The van der Waals surface area contributed by atoms with Crippen LogP contribution in [0.15, 0.2) is 47.4 Å².